The molecule has 2 saturated heterocycles. The minimum atomic E-state index is 0.691. The van der Waals surface area contributed by atoms with Gasteiger partial charge in [0, 0.05) is 42.6 Å². The van der Waals surface area contributed by atoms with Gasteiger partial charge in [-0.1, -0.05) is 36.4 Å². The number of likely N-dealkylation sites (N-methyl/N-ethyl adjacent to an activating group) is 1. The number of benzene rings is 2. The van der Waals surface area contributed by atoms with Crippen molar-refractivity contribution < 1.29 is 0 Å². The molecule has 0 saturated carbocycles. The van der Waals surface area contributed by atoms with Crippen LogP contribution < -0.4 is 4.90 Å². The van der Waals surface area contributed by atoms with Gasteiger partial charge >= 0.3 is 0 Å². The highest BCUT2D eigenvalue weighted by Gasteiger charge is 2.39. The van der Waals surface area contributed by atoms with E-state index in [2.05, 4.69) is 89.4 Å². The fourth-order valence-corrected chi connectivity index (χ4v) is 5.14. The van der Waals surface area contributed by atoms with Crippen molar-refractivity contribution in [3.8, 4) is 22.3 Å². The van der Waals surface area contributed by atoms with Crippen LogP contribution in [0, 0.1) is 19.8 Å². The Morgan fingerprint density at radius 3 is 2.18 bits per heavy atom. The zero-order valence-corrected chi connectivity index (χ0v) is 16.9. The molecule has 0 bridgehead atoms. The van der Waals surface area contributed by atoms with Crippen LogP contribution >= 0.6 is 0 Å². The zero-order chi connectivity index (χ0) is 19.3. The molecule has 0 spiro atoms. The molecule has 2 aliphatic heterocycles. The first-order valence-corrected chi connectivity index (χ1v) is 10.3. The molecule has 144 valence electrons. The second-order valence-electron chi connectivity index (χ2n) is 8.46. The average molecular weight is 373 g/mol. The van der Waals surface area contributed by atoms with Crippen molar-refractivity contribution in [2.45, 2.75) is 26.3 Å². The minimum absolute atomic E-state index is 0.691. The van der Waals surface area contributed by atoms with Gasteiger partial charge in [-0.3, -0.25) is 5.10 Å². The number of hydrogen-bond donors (Lipinski definition) is 1. The third-order valence-electron chi connectivity index (χ3n) is 6.56. The number of aryl methyl sites for hydroxylation is 2. The van der Waals surface area contributed by atoms with Gasteiger partial charge in [-0.15, -0.1) is 0 Å². The van der Waals surface area contributed by atoms with Crippen molar-refractivity contribution in [3.63, 3.8) is 0 Å². The molecule has 3 heterocycles. The van der Waals surface area contributed by atoms with Gasteiger partial charge in [-0.25, -0.2) is 0 Å². The number of aromatic nitrogens is 2. The molecule has 2 atom stereocenters. The summed E-state index contributed by atoms with van der Waals surface area (Å²) < 4.78 is 0. The van der Waals surface area contributed by atoms with Gasteiger partial charge in [0.25, 0.3) is 0 Å². The summed E-state index contributed by atoms with van der Waals surface area (Å²) >= 11 is 0. The third-order valence-corrected chi connectivity index (χ3v) is 6.56. The molecule has 4 nitrogen and oxygen atoms in total. The Hall–Kier alpha value is -2.59. The van der Waals surface area contributed by atoms with E-state index in [9.17, 15) is 0 Å². The fourth-order valence-electron chi connectivity index (χ4n) is 5.14. The molecule has 0 aliphatic carbocycles. The van der Waals surface area contributed by atoms with Crippen molar-refractivity contribution in [2.75, 3.05) is 31.6 Å². The fraction of sp³-hybridized carbons (Fsp3) is 0.375. The number of likely N-dealkylation sites (tertiary alicyclic amines) is 1. The van der Waals surface area contributed by atoms with Crippen LogP contribution in [0.5, 0.6) is 0 Å². The summed E-state index contributed by atoms with van der Waals surface area (Å²) in [5.41, 5.74) is 8.51. The SMILES string of the molecule is Cc1n[nH]c(C)c1-c1ccc(-c2ccc(N3CCC4CN(C)CC43)cc2)cc1. The zero-order valence-electron chi connectivity index (χ0n) is 16.9. The third kappa shape index (κ3) is 2.92. The number of nitrogens with one attached hydrogen (secondary N) is 1. The molecule has 2 unspecified atom stereocenters. The molecule has 2 aromatic carbocycles. The van der Waals surface area contributed by atoms with E-state index >= 15 is 0 Å². The molecule has 0 radical (unpaired) electrons. The van der Waals surface area contributed by atoms with Gasteiger partial charge in [-0.2, -0.15) is 5.10 Å². The molecule has 0 amide bonds. The number of nitrogens with zero attached hydrogens (tertiary/aromatic N) is 3. The number of rotatable bonds is 3. The molecule has 4 heteroatoms. The van der Waals surface area contributed by atoms with Crippen molar-refractivity contribution in [2.24, 2.45) is 5.92 Å². The summed E-state index contributed by atoms with van der Waals surface area (Å²) in [6.07, 6.45) is 1.32. The van der Waals surface area contributed by atoms with Crippen LogP contribution in [-0.4, -0.2) is 47.8 Å². The number of aromatic amines is 1. The van der Waals surface area contributed by atoms with Gasteiger partial charge in [0.05, 0.1) is 5.69 Å². The highest BCUT2D eigenvalue weighted by Crippen LogP contribution is 2.35. The Balaban J connectivity index is 1.36. The van der Waals surface area contributed by atoms with Gasteiger partial charge < -0.3 is 9.80 Å². The lowest BCUT2D eigenvalue weighted by Gasteiger charge is -2.26. The Bertz CT molecular complexity index is 951. The number of hydrogen-bond acceptors (Lipinski definition) is 3. The Morgan fingerprint density at radius 1 is 0.893 bits per heavy atom. The van der Waals surface area contributed by atoms with E-state index in [1.54, 1.807) is 0 Å². The van der Waals surface area contributed by atoms with E-state index in [4.69, 9.17) is 0 Å². The summed E-state index contributed by atoms with van der Waals surface area (Å²) in [6, 6.07) is 18.7. The monoisotopic (exact) mass is 372 g/mol. The number of anilines is 1. The summed E-state index contributed by atoms with van der Waals surface area (Å²) in [7, 11) is 2.25. The van der Waals surface area contributed by atoms with E-state index in [0.717, 1.165) is 17.3 Å². The normalized spacial score (nSPS) is 22.0. The highest BCUT2D eigenvalue weighted by atomic mass is 15.3. The molecule has 1 aromatic heterocycles. The maximum atomic E-state index is 4.32. The predicted molar refractivity (Wildman–Crippen MR) is 116 cm³/mol. The largest absolute Gasteiger partial charge is 0.367 e. The van der Waals surface area contributed by atoms with Crippen molar-refractivity contribution >= 4 is 5.69 Å². The van der Waals surface area contributed by atoms with Crippen LogP contribution in [0.25, 0.3) is 22.3 Å². The van der Waals surface area contributed by atoms with E-state index in [-0.39, 0.29) is 0 Å². The number of H-pyrrole nitrogens is 1. The van der Waals surface area contributed by atoms with Crippen molar-refractivity contribution in [3.05, 3.63) is 59.9 Å². The van der Waals surface area contributed by atoms with Gasteiger partial charge in [0.15, 0.2) is 0 Å². The summed E-state index contributed by atoms with van der Waals surface area (Å²) in [6.45, 7) is 7.77. The topological polar surface area (TPSA) is 35.2 Å². The van der Waals surface area contributed by atoms with E-state index in [1.165, 1.54) is 54.0 Å². The highest BCUT2D eigenvalue weighted by molar-refractivity contribution is 5.73. The van der Waals surface area contributed by atoms with Crippen LogP contribution in [0.3, 0.4) is 0 Å². The first-order valence-electron chi connectivity index (χ1n) is 10.3. The van der Waals surface area contributed by atoms with Crippen LogP contribution in [0.15, 0.2) is 48.5 Å². The summed E-state index contributed by atoms with van der Waals surface area (Å²) in [5, 5.41) is 7.39. The second kappa shape index (κ2) is 6.78. The summed E-state index contributed by atoms with van der Waals surface area (Å²) in [4.78, 5) is 5.09. The lowest BCUT2D eigenvalue weighted by atomic mass is 9.99. The van der Waals surface area contributed by atoms with E-state index < -0.39 is 0 Å². The molecule has 2 aliphatic rings. The van der Waals surface area contributed by atoms with E-state index in [0.29, 0.717) is 6.04 Å². The standard InChI is InChI=1S/C24H28N4/c1-16-24(17(2)26-25-16)20-6-4-18(5-7-20)19-8-10-22(11-9-19)28-13-12-21-14-27(3)15-23(21)28/h4-11,21,23H,12-15H2,1-3H3,(H,25,26). The van der Waals surface area contributed by atoms with E-state index in [1.807, 2.05) is 0 Å². The van der Waals surface area contributed by atoms with Crippen LogP contribution in [0.2, 0.25) is 0 Å². The summed E-state index contributed by atoms with van der Waals surface area (Å²) in [5.74, 6) is 0.840. The van der Waals surface area contributed by atoms with Gasteiger partial charge in [0.1, 0.15) is 0 Å². The maximum absolute atomic E-state index is 4.32. The van der Waals surface area contributed by atoms with Gasteiger partial charge in [-0.05, 0) is 62.1 Å². The minimum Gasteiger partial charge on any atom is -0.367 e. The first kappa shape index (κ1) is 17.5. The van der Waals surface area contributed by atoms with Crippen LogP contribution in [-0.2, 0) is 0 Å². The molecule has 2 fully saturated rings. The van der Waals surface area contributed by atoms with Crippen molar-refractivity contribution in [1.29, 1.82) is 0 Å². The Morgan fingerprint density at radius 2 is 1.54 bits per heavy atom. The molecular formula is C24H28N4. The van der Waals surface area contributed by atoms with Crippen LogP contribution in [0.4, 0.5) is 5.69 Å². The second-order valence-corrected chi connectivity index (χ2v) is 8.46. The maximum Gasteiger partial charge on any atom is 0.0672 e. The van der Waals surface area contributed by atoms with Crippen molar-refractivity contribution in [1.82, 2.24) is 15.1 Å². The quantitative estimate of drug-likeness (QED) is 0.735. The first-order chi connectivity index (χ1) is 13.6. The molecule has 28 heavy (non-hydrogen) atoms. The molecule has 1 N–H and O–H groups in total. The molecule has 5 rings (SSSR count). The van der Waals surface area contributed by atoms with Gasteiger partial charge in [0.2, 0.25) is 0 Å². The predicted octanol–water partition coefficient (Wildman–Crippen LogP) is 4.50. The molecule has 3 aromatic rings. The Kier molecular flexibility index (Phi) is 4.24. The molecular weight excluding hydrogens is 344 g/mol. The lowest BCUT2D eigenvalue weighted by molar-refractivity contribution is 0.386. The Labute approximate surface area is 167 Å². The van der Waals surface area contributed by atoms with Crippen LogP contribution in [0.1, 0.15) is 17.8 Å². The lowest BCUT2D eigenvalue weighted by Crippen LogP contribution is -2.34. The number of fused-ring (bicyclic) bond motifs is 1. The average Bonchev–Trinajstić information content (AvgIpc) is 3.36. The smallest absolute Gasteiger partial charge is 0.0672 e.